The summed E-state index contributed by atoms with van der Waals surface area (Å²) in [6.07, 6.45) is 7.93. The minimum Gasteiger partial charge on any atom is -0.377 e. The molecule has 0 radical (unpaired) electrons. The van der Waals surface area contributed by atoms with Crippen LogP contribution in [0, 0.1) is 11.3 Å². The van der Waals surface area contributed by atoms with Crippen LogP contribution in [0.2, 0.25) is 0 Å². The standard InChI is InChI=1S/C20H32N6OS.HI/c1-3-15-22-19(28-24-15)26-11-9-25(10-12-26)18(21-2)23-16-14-6-13-27-17(14)20(16)7-4-5-8-20;/h14,16-17H,3-13H2,1-2H3,(H,21,23);1H. The van der Waals surface area contributed by atoms with Gasteiger partial charge in [-0.05, 0) is 19.3 Å². The summed E-state index contributed by atoms with van der Waals surface area (Å²) in [7, 11) is 1.93. The Morgan fingerprint density at radius 1 is 1.28 bits per heavy atom. The van der Waals surface area contributed by atoms with Crippen molar-refractivity contribution in [2.75, 3.05) is 44.7 Å². The molecule has 5 rings (SSSR count). The molecule has 7 nitrogen and oxygen atoms in total. The number of guanidine groups is 1. The molecule has 4 aliphatic rings. The van der Waals surface area contributed by atoms with Crippen LogP contribution in [-0.2, 0) is 11.2 Å². The number of piperazine rings is 1. The maximum absolute atomic E-state index is 6.14. The van der Waals surface area contributed by atoms with E-state index < -0.39 is 0 Å². The van der Waals surface area contributed by atoms with Gasteiger partial charge in [-0.2, -0.15) is 4.37 Å². The van der Waals surface area contributed by atoms with E-state index in [4.69, 9.17) is 4.74 Å². The molecule has 1 aromatic heterocycles. The first-order valence-electron chi connectivity index (χ1n) is 10.9. The summed E-state index contributed by atoms with van der Waals surface area (Å²) in [5.74, 6) is 2.71. The number of aryl methyl sites for hydroxylation is 1. The zero-order chi connectivity index (χ0) is 19.1. The van der Waals surface area contributed by atoms with Gasteiger partial charge in [0.15, 0.2) is 5.96 Å². The quantitative estimate of drug-likeness (QED) is 0.367. The van der Waals surface area contributed by atoms with E-state index in [0.717, 1.165) is 56.1 Å². The normalized spacial score (nSPS) is 30.8. The van der Waals surface area contributed by atoms with Crippen LogP contribution in [0.15, 0.2) is 4.99 Å². The molecule has 0 aromatic carbocycles. The van der Waals surface area contributed by atoms with Gasteiger partial charge in [0.2, 0.25) is 5.13 Å². The molecule has 29 heavy (non-hydrogen) atoms. The van der Waals surface area contributed by atoms with Crippen molar-refractivity contribution in [2.45, 2.75) is 57.6 Å². The lowest BCUT2D eigenvalue weighted by atomic mass is 9.54. The molecule has 3 unspecified atom stereocenters. The summed E-state index contributed by atoms with van der Waals surface area (Å²) < 4.78 is 10.6. The third-order valence-electron chi connectivity index (χ3n) is 7.41. The Kier molecular flexibility index (Phi) is 6.55. The molecule has 3 heterocycles. The molecule has 162 valence electrons. The topological polar surface area (TPSA) is 65.9 Å². The lowest BCUT2D eigenvalue weighted by Gasteiger charge is -2.57. The minimum atomic E-state index is 0. The van der Waals surface area contributed by atoms with E-state index in [9.17, 15) is 0 Å². The number of fused-ring (bicyclic) bond motifs is 2. The molecule has 1 aromatic rings. The number of nitrogens with one attached hydrogen (secondary N) is 1. The molecule has 2 saturated heterocycles. The third kappa shape index (κ3) is 3.64. The van der Waals surface area contributed by atoms with Crippen molar-refractivity contribution in [1.29, 1.82) is 0 Å². The highest BCUT2D eigenvalue weighted by Gasteiger charge is 2.65. The molecule has 2 aliphatic carbocycles. The lowest BCUT2D eigenvalue weighted by molar-refractivity contribution is -0.125. The highest BCUT2D eigenvalue weighted by molar-refractivity contribution is 14.0. The second-order valence-corrected chi connectivity index (χ2v) is 9.40. The maximum Gasteiger partial charge on any atom is 0.205 e. The maximum atomic E-state index is 6.14. The molecule has 4 fully saturated rings. The van der Waals surface area contributed by atoms with Gasteiger partial charge in [0.1, 0.15) is 5.82 Å². The molecule has 9 heteroatoms. The van der Waals surface area contributed by atoms with Crippen LogP contribution >= 0.6 is 35.5 Å². The van der Waals surface area contributed by atoms with Gasteiger partial charge in [0, 0.05) is 75.2 Å². The molecule has 2 aliphatic heterocycles. The Hall–Kier alpha value is -0.680. The predicted molar refractivity (Wildman–Crippen MR) is 128 cm³/mol. The summed E-state index contributed by atoms with van der Waals surface area (Å²) in [4.78, 5) is 14.1. The van der Waals surface area contributed by atoms with E-state index in [1.54, 1.807) is 0 Å². The van der Waals surface area contributed by atoms with Crippen LogP contribution in [0.3, 0.4) is 0 Å². The van der Waals surface area contributed by atoms with Crippen LogP contribution in [-0.4, -0.2) is 72.2 Å². The predicted octanol–water partition coefficient (Wildman–Crippen LogP) is 2.76. The Labute approximate surface area is 194 Å². The molecule has 1 N–H and O–H groups in total. The van der Waals surface area contributed by atoms with E-state index in [1.165, 1.54) is 43.6 Å². The van der Waals surface area contributed by atoms with Gasteiger partial charge in [-0.25, -0.2) is 4.98 Å². The zero-order valence-corrected chi connectivity index (χ0v) is 20.6. The summed E-state index contributed by atoms with van der Waals surface area (Å²) in [5, 5.41) is 4.96. The first kappa shape index (κ1) is 21.5. The van der Waals surface area contributed by atoms with Gasteiger partial charge < -0.3 is 19.9 Å². The van der Waals surface area contributed by atoms with Crippen molar-refractivity contribution in [3.05, 3.63) is 5.82 Å². The number of hydrogen-bond acceptors (Lipinski definition) is 6. The zero-order valence-electron chi connectivity index (χ0n) is 17.5. The molecular weight excluding hydrogens is 499 g/mol. The van der Waals surface area contributed by atoms with Gasteiger partial charge in [-0.3, -0.25) is 4.99 Å². The van der Waals surface area contributed by atoms with Gasteiger partial charge in [-0.15, -0.1) is 24.0 Å². The average molecular weight is 532 g/mol. The van der Waals surface area contributed by atoms with Crippen molar-refractivity contribution < 1.29 is 4.74 Å². The lowest BCUT2D eigenvalue weighted by Crippen LogP contribution is -2.70. The highest BCUT2D eigenvalue weighted by Crippen LogP contribution is 2.60. The number of anilines is 1. The van der Waals surface area contributed by atoms with Gasteiger partial charge >= 0.3 is 0 Å². The van der Waals surface area contributed by atoms with Crippen LogP contribution in [0.4, 0.5) is 5.13 Å². The monoisotopic (exact) mass is 532 g/mol. The van der Waals surface area contributed by atoms with Crippen LogP contribution < -0.4 is 10.2 Å². The third-order valence-corrected chi connectivity index (χ3v) is 8.22. The van der Waals surface area contributed by atoms with E-state index in [0.29, 0.717) is 23.5 Å². The molecule has 1 spiro atoms. The smallest absolute Gasteiger partial charge is 0.205 e. The number of aromatic nitrogens is 2. The largest absolute Gasteiger partial charge is 0.377 e. The molecule has 2 saturated carbocycles. The van der Waals surface area contributed by atoms with Crippen LogP contribution in [0.5, 0.6) is 0 Å². The summed E-state index contributed by atoms with van der Waals surface area (Å²) in [6.45, 7) is 6.95. The number of nitrogens with zero attached hydrogens (tertiary/aromatic N) is 5. The summed E-state index contributed by atoms with van der Waals surface area (Å²) in [6, 6.07) is 0.537. The highest BCUT2D eigenvalue weighted by atomic mass is 127. The van der Waals surface area contributed by atoms with Gasteiger partial charge in [0.25, 0.3) is 0 Å². The Bertz CT molecular complexity index is 728. The number of aliphatic imine (C=N–C) groups is 1. The van der Waals surface area contributed by atoms with Crippen molar-refractivity contribution in [1.82, 2.24) is 19.6 Å². The second-order valence-electron chi connectivity index (χ2n) is 8.67. The van der Waals surface area contributed by atoms with Crippen molar-refractivity contribution in [3.63, 3.8) is 0 Å². The molecule has 3 atom stereocenters. The van der Waals surface area contributed by atoms with Crippen molar-refractivity contribution in [2.24, 2.45) is 16.3 Å². The van der Waals surface area contributed by atoms with E-state index in [1.807, 2.05) is 7.05 Å². The van der Waals surface area contributed by atoms with E-state index in [-0.39, 0.29) is 24.0 Å². The van der Waals surface area contributed by atoms with Crippen molar-refractivity contribution in [3.8, 4) is 0 Å². The van der Waals surface area contributed by atoms with Gasteiger partial charge in [0.05, 0.1) is 6.10 Å². The summed E-state index contributed by atoms with van der Waals surface area (Å²) in [5.41, 5.74) is 0.363. The molecule has 0 amide bonds. The average Bonchev–Trinajstić information content (AvgIpc) is 3.48. The summed E-state index contributed by atoms with van der Waals surface area (Å²) >= 11 is 1.53. The second kappa shape index (κ2) is 8.82. The Balaban J connectivity index is 0.00000205. The first-order chi connectivity index (χ1) is 13.7. The number of hydrogen-bond donors (Lipinski definition) is 1. The Morgan fingerprint density at radius 2 is 2.03 bits per heavy atom. The SMILES string of the molecule is CCc1nsc(N2CCN(C(=NC)NC3C4CCOC4C34CCCC4)CC2)n1.I. The fourth-order valence-electron chi connectivity index (χ4n) is 5.97. The number of ether oxygens (including phenoxy) is 1. The fraction of sp³-hybridized carbons (Fsp3) is 0.850. The number of rotatable bonds is 3. The van der Waals surface area contributed by atoms with E-state index >= 15 is 0 Å². The fourth-order valence-corrected chi connectivity index (χ4v) is 6.77. The minimum absolute atomic E-state index is 0. The Morgan fingerprint density at radius 3 is 2.69 bits per heavy atom. The van der Waals surface area contributed by atoms with Gasteiger partial charge in [-0.1, -0.05) is 19.8 Å². The van der Waals surface area contributed by atoms with E-state index in [2.05, 4.69) is 36.4 Å². The van der Waals surface area contributed by atoms with Crippen LogP contribution in [0.25, 0.3) is 0 Å². The number of halogens is 1. The molecule has 0 bridgehead atoms. The van der Waals surface area contributed by atoms with Crippen molar-refractivity contribution >= 4 is 46.6 Å². The molecular formula is C20H33IN6OS. The first-order valence-corrected chi connectivity index (χ1v) is 11.7. The van der Waals surface area contributed by atoms with Crippen LogP contribution in [0.1, 0.15) is 44.9 Å².